The van der Waals surface area contributed by atoms with E-state index in [-0.39, 0.29) is 23.8 Å². The van der Waals surface area contributed by atoms with Crippen molar-refractivity contribution in [2.45, 2.75) is 6.42 Å². The third-order valence-electron chi connectivity index (χ3n) is 4.61. The number of benzene rings is 3. The first-order valence-electron chi connectivity index (χ1n) is 9.48. The predicted octanol–water partition coefficient (Wildman–Crippen LogP) is 5.06. The Hall–Kier alpha value is -3.90. The number of halogens is 1. The molecular formula is C24H18ClN3O3. The number of aromatic nitrogens is 2. The number of nitrogens with one attached hydrogen (secondary N) is 1. The van der Waals surface area contributed by atoms with E-state index >= 15 is 0 Å². The summed E-state index contributed by atoms with van der Waals surface area (Å²) in [7, 11) is 0. The average Bonchev–Trinajstić information content (AvgIpc) is 2.77. The molecule has 0 radical (unpaired) electrons. The van der Waals surface area contributed by atoms with Gasteiger partial charge in [-0.05, 0) is 66.2 Å². The fourth-order valence-corrected chi connectivity index (χ4v) is 3.16. The molecule has 0 aliphatic heterocycles. The number of anilines is 1. The van der Waals surface area contributed by atoms with E-state index in [1.54, 1.807) is 79.0 Å². The Morgan fingerprint density at radius 2 is 1.42 bits per heavy atom. The van der Waals surface area contributed by atoms with E-state index in [2.05, 4.69) is 15.3 Å². The lowest BCUT2D eigenvalue weighted by molar-refractivity contribution is -0.115. The van der Waals surface area contributed by atoms with Crippen molar-refractivity contribution in [1.82, 2.24) is 9.97 Å². The molecule has 3 N–H and O–H groups in total. The second-order valence-electron chi connectivity index (χ2n) is 6.90. The molecule has 7 heteroatoms. The van der Waals surface area contributed by atoms with Gasteiger partial charge in [-0.15, -0.1) is 0 Å². The molecule has 0 spiro atoms. The van der Waals surface area contributed by atoms with Gasteiger partial charge in [0.25, 0.3) is 0 Å². The summed E-state index contributed by atoms with van der Waals surface area (Å²) in [6.45, 7) is 0. The maximum absolute atomic E-state index is 12.6. The number of nitrogens with zero attached hydrogens (tertiary/aromatic N) is 2. The maximum Gasteiger partial charge on any atom is 0.230 e. The molecule has 0 saturated carbocycles. The van der Waals surface area contributed by atoms with Crippen molar-refractivity contribution in [1.29, 1.82) is 0 Å². The number of carbonyl (C=O) groups is 1. The molecule has 1 heterocycles. The highest BCUT2D eigenvalue weighted by Crippen LogP contribution is 2.29. The quantitative estimate of drug-likeness (QED) is 0.410. The highest BCUT2D eigenvalue weighted by molar-refractivity contribution is 6.30. The van der Waals surface area contributed by atoms with Gasteiger partial charge in [0, 0.05) is 16.1 Å². The van der Waals surface area contributed by atoms with E-state index in [1.807, 2.05) is 0 Å². The normalized spacial score (nSPS) is 10.6. The van der Waals surface area contributed by atoms with E-state index in [0.29, 0.717) is 27.8 Å². The molecule has 154 valence electrons. The molecule has 0 fully saturated rings. The number of aromatic hydroxyl groups is 2. The summed E-state index contributed by atoms with van der Waals surface area (Å²) in [6.07, 6.45) is 1.72. The Morgan fingerprint density at radius 3 is 2.03 bits per heavy atom. The van der Waals surface area contributed by atoms with Crippen molar-refractivity contribution in [2.75, 3.05) is 5.32 Å². The van der Waals surface area contributed by atoms with Crippen LogP contribution >= 0.6 is 11.6 Å². The summed E-state index contributed by atoms with van der Waals surface area (Å²) in [5.74, 6) is 0.350. The summed E-state index contributed by atoms with van der Waals surface area (Å²) in [5, 5.41) is 22.6. The number of hydrogen-bond donors (Lipinski definition) is 3. The zero-order valence-electron chi connectivity index (χ0n) is 16.3. The first-order chi connectivity index (χ1) is 15.0. The van der Waals surface area contributed by atoms with Crippen LogP contribution in [0.1, 0.15) is 5.56 Å². The highest BCUT2D eigenvalue weighted by Gasteiger charge is 2.15. The third-order valence-corrected chi connectivity index (χ3v) is 4.86. The van der Waals surface area contributed by atoms with Gasteiger partial charge in [0.15, 0.2) is 5.82 Å². The van der Waals surface area contributed by atoms with Crippen molar-refractivity contribution < 1.29 is 15.0 Å². The molecule has 0 saturated heterocycles. The van der Waals surface area contributed by atoms with Crippen LogP contribution in [0.3, 0.4) is 0 Å². The van der Waals surface area contributed by atoms with E-state index in [9.17, 15) is 15.0 Å². The Bertz CT molecular complexity index is 1210. The van der Waals surface area contributed by atoms with Crippen LogP contribution in [0.15, 0.2) is 79.0 Å². The van der Waals surface area contributed by atoms with Gasteiger partial charge in [-0.3, -0.25) is 4.79 Å². The van der Waals surface area contributed by atoms with Crippen LogP contribution < -0.4 is 5.32 Å². The summed E-state index contributed by atoms with van der Waals surface area (Å²) in [5.41, 5.74) is 3.33. The summed E-state index contributed by atoms with van der Waals surface area (Å²) in [6, 6.07) is 20.2. The van der Waals surface area contributed by atoms with Gasteiger partial charge >= 0.3 is 0 Å². The molecular weight excluding hydrogens is 414 g/mol. The highest BCUT2D eigenvalue weighted by atomic mass is 35.5. The first kappa shape index (κ1) is 20.4. The fourth-order valence-electron chi connectivity index (χ4n) is 3.04. The Labute approximate surface area is 183 Å². The molecule has 1 amide bonds. The number of rotatable bonds is 5. The monoisotopic (exact) mass is 431 g/mol. The van der Waals surface area contributed by atoms with Crippen LogP contribution in [0.4, 0.5) is 5.82 Å². The molecule has 4 rings (SSSR count). The Morgan fingerprint density at radius 1 is 0.839 bits per heavy atom. The minimum Gasteiger partial charge on any atom is -0.508 e. The van der Waals surface area contributed by atoms with Crippen molar-refractivity contribution in [3.8, 4) is 34.0 Å². The van der Waals surface area contributed by atoms with E-state index in [1.165, 1.54) is 0 Å². The smallest absolute Gasteiger partial charge is 0.230 e. The van der Waals surface area contributed by atoms with E-state index in [0.717, 1.165) is 11.1 Å². The van der Waals surface area contributed by atoms with Crippen LogP contribution in [0.2, 0.25) is 5.02 Å². The number of amides is 1. The molecule has 6 nitrogen and oxygen atoms in total. The molecule has 4 aromatic rings. The number of hydrogen-bond acceptors (Lipinski definition) is 5. The van der Waals surface area contributed by atoms with E-state index < -0.39 is 0 Å². The molecule has 31 heavy (non-hydrogen) atoms. The molecule has 0 aliphatic carbocycles. The van der Waals surface area contributed by atoms with Crippen molar-refractivity contribution in [3.05, 3.63) is 89.6 Å². The zero-order valence-corrected chi connectivity index (χ0v) is 17.0. The molecule has 0 atom stereocenters. The molecule has 0 aliphatic rings. The Balaban J connectivity index is 1.67. The van der Waals surface area contributed by atoms with Gasteiger partial charge in [-0.1, -0.05) is 23.7 Å². The van der Waals surface area contributed by atoms with Crippen LogP contribution in [0.25, 0.3) is 22.5 Å². The van der Waals surface area contributed by atoms with Gasteiger partial charge in [0.1, 0.15) is 17.2 Å². The molecule has 1 aromatic heterocycles. The number of phenolic OH excluding ortho intramolecular Hbond substituents is 2. The second-order valence-corrected chi connectivity index (χ2v) is 7.33. The standard InChI is InChI=1S/C24H18ClN3O3/c25-18-7-1-15(2-8-18)13-22(31)28-24-23(17-5-11-20(30)12-6-17)27-21(14-26-24)16-3-9-19(29)10-4-16/h1-12,14,29-30H,13H2,(H,26,28,31). The van der Waals surface area contributed by atoms with Crippen LogP contribution in [-0.2, 0) is 11.2 Å². The minimum atomic E-state index is -0.242. The molecule has 0 bridgehead atoms. The summed E-state index contributed by atoms with van der Waals surface area (Å²) < 4.78 is 0. The van der Waals surface area contributed by atoms with Gasteiger partial charge in [0.2, 0.25) is 5.91 Å². The zero-order chi connectivity index (χ0) is 21.8. The Kier molecular flexibility index (Phi) is 5.82. The topological polar surface area (TPSA) is 95.3 Å². The van der Waals surface area contributed by atoms with E-state index in [4.69, 9.17) is 11.6 Å². The molecule has 0 unspecified atom stereocenters. The average molecular weight is 432 g/mol. The van der Waals surface area contributed by atoms with Crippen LogP contribution in [0, 0.1) is 0 Å². The third kappa shape index (κ3) is 4.99. The lowest BCUT2D eigenvalue weighted by Crippen LogP contribution is -2.16. The van der Waals surface area contributed by atoms with Crippen molar-refractivity contribution >= 4 is 23.3 Å². The van der Waals surface area contributed by atoms with Gasteiger partial charge < -0.3 is 15.5 Å². The second kappa shape index (κ2) is 8.85. The van der Waals surface area contributed by atoms with Gasteiger partial charge in [-0.2, -0.15) is 0 Å². The molecule has 3 aromatic carbocycles. The fraction of sp³-hybridized carbons (Fsp3) is 0.0417. The first-order valence-corrected chi connectivity index (χ1v) is 9.86. The maximum atomic E-state index is 12.6. The van der Waals surface area contributed by atoms with Gasteiger partial charge in [0.05, 0.1) is 18.3 Å². The number of phenols is 2. The van der Waals surface area contributed by atoms with Crippen LogP contribution in [-0.4, -0.2) is 26.1 Å². The SMILES string of the molecule is O=C(Cc1ccc(Cl)cc1)Nc1ncc(-c2ccc(O)cc2)nc1-c1ccc(O)cc1. The largest absolute Gasteiger partial charge is 0.508 e. The minimum absolute atomic E-state index is 0.125. The lowest BCUT2D eigenvalue weighted by atomic mass is 10.1. The summed E-state index contributed by atoms with van der Waals surface area (Å²) in [4.78, 5) is 21.7. The van der Waals surface area contributed by atoms with Crippen molar-refractivity contribution in [3.63, 3.8) is 0 Å². The summed E-state index contributed by atoms with van der Waals surface area (Å²) >= 11 is 5.90. The van der Waals surface area contributed by atoms with Crippen LogP contribution in [0.5, 0.6) is 11.5 Å². The predicted molar refractivity (Wildman–Crippen MR) is 120 cm³/mol. The van der Waals surface area contributed by atoms with Crippen molar-refractivity contribution in [2.24, 2.45) is 0 Å². The van der Waals surface area contributed by atoms with Gasteiger partial charge in [-0.25, -0.2) is 9.97 Å². The lowest BCUT2D eigenvalue weighted by Gasteiger charge is -2.12. The number of carbonyl (C=O) groups excluding carboxylic acids is 1.